The third-order valence-corrected chi connectivity index (χ3v) is 6.26. The summed E-state index contributed by atoms with van der Waals surface area (Å²) < 4.78 is 7.83. The van der Waals surface area contributed by atoms with Crippen molar-refractivity contribution in [1.29, 1.82) is 0 Å². The maximum Gasteiger partial charge on any atom is 0.279 e. The summed E-state index contributed by atoms with van der Waals surface area (Å²) in [7, 11) is 0. The van der Waals surface area contributed by atoms with E-state index in [9.17, 15) is 4.79 Å². The molecule has 3 aromatic carbocycles. The van der Waals surface area contributed by atoms with Gasteiger partial charge >= 0.3 is 0 Å². The minimum Gasteiger partial charge on any atom is -0.332 e. The number of rotatable bonds is 4. The van der Waals surface area contributed by atoms with Gasteiger partial charge in [-0.3, -0.25) is 4.79 Å². The monoisotopic (exact) mass is 490 g/mol. The second-order valence-electron chi connectivity index (χ2n) is 6.72. The molecular weight excluding hydrogens is 476 g/mol. The third kappa shape index (κ3) is 3.58. The molecule has 5 aromatic rings. The molecule has 0 bridgehead atoms. The Morgan fingerprint density at radius 2 is 1.74 bits per heavy atom. The Morgan fingerprint density at radius 1 is 0.968 bits per heavy atom. The molecular formula is C23H15BrN4O2S. The Kier molecular flexibility index (Phi) is 5.17. The number of fused-ring (bicyclic) bond motifs is 1. The number of benzene rings is 3. The average Bonchev–Trinajstić information content (AvgIpc) is 3.29. The number of hydrogen-bond donors (Lipinski definition) is 0. The summed E-state index contributed by atoms with van der Waals surface area (Å²) in [5, 5.41) is 9.96. The van der Waals surface area contributed by atoms with Crippen LogP contribution in [0.4, 0.5) is 0 Å². The lowest BCUT2D eigenvalue weighted by Crippen LogP contribution is -2.22. The molecule has 5 rings (SSSR count). The third-order valence-electron chi connectivity index (χ3n) is 4.85. The van der Waals surface area contributed by atoms with Crippen LogP contribution in [0.25, 0.3) is 39.4 Å². The summed E-state index contributed by atoms with van der Waals surface area (Å²) in [6.45, 7) is 0. The number of hydrogen-bond acceptors (Lipinski definition) is 6. The summed E-state index contributed by atoms with van der Waals surface area (Å²) >= 11 is 5.12. The van der Waals surface area contributed by atoms with Gasteiger partial charge in [0, 0.05) is 20.3 Å². The topological polar surface area (TPSA) is 73.8 Å². The smallest absolute Gasteiger partial charge is 0.279 e. The minimum atomic E-state index is -0.205. The van der Waals surface area contributed by atoms with Crippen molar-refractivity contribution in [3.63, 3.8) is 0 Å². The van der Waals surface area contributed by atoms with Gasteiger partial charge in [0.1, 0.15) is 0 Å². The highest BCUT2D eigenvalue weighted by molar-refractivity contribution is 9.10. The van der Waals surface area contributed by atoms with Crippen LogP contribution in [0.15, 0.2) is 91.5 Å². The predicted molar refractivity (Wildman–Crippen MR) is 126 cm³/mol. The molecule has 0 radical (unpaired) electrons. The van der Waals surface area contributed by atoms with Crippen LogP contribution in [-0.4, -0.2) is 26.2 Å². The number of aromatic nitrogens is 4. The largest absolute Gasteiger partial charge is 0.332 e. The zero-order valence-electron chi connectivity index (χ0n) is 16.3. The van der Waals surface area contributed by atoms with Crippen molar-refractivity contribution < 1.29 is 4.52 Å². The molecule has 6 nitrogen and oxygen atoms in total. The molecule has 0 aliphatic rings. The standard InChI is InChI=1S/C23H15BrN4O2S/c1-31-15-8-6-7-14(13-15)28-23(29)17-10-3-2-9-16(17)20(26-28)22-25-21(27-30-22)18-11-4-5-12-19(18)24/h2-13H,1H3. The lowest BCUT2D eigenvalue weighted by molar-refractivity contribution is 0.430. The van der Waals surface area contributed by atoms with Crippen molar-refractivity contribution >= 4 is 38.5 Å². The fourth-order valence-electron chi connectivity index (χ4n) is 3.34. The first-order valence-electron chi connectivity index (χ1n) is 9.41. The molecule has 0 atom stereocenters. The van der Waals surface area contributed by atoms with Crippen LogP contribution in [-0.2, 0) is 0 Å². The van der Waals surface area contributed by atoms with Crippen LogP contribution in [0, 0.1) is 0 Å². The number of nitrogens with zero attached hydrogens (tertiary/aromatic N) is 4. The minimum absolute atomic E-state index is 0.205. The Hall–Kier alpha value is -3.23. The predicted octanol–water partition coefficient (Wildman–Crippen LogP) is 5.59. The molecule has 0 unspecified atom stereocenters. The van der Waals surface area contributed by atoms with Crippen LogP contribution >= 0.6 is 27.7 Å². The van der Waals surface area contributed by atoms with Crippen molar-refractivity contribution in [2.24, 2.45) is 0 Å². The van der Waals surface area contributed by atoms with Gasteiger partial charge in [-0.25, -0.2) is 0 Å². The van der Waals surface area contributed by atoms with Crippen molar-refractivity contribution in [3.05, 3.63) is 87.6 Å². The molecule has 0 fully saturated rings. The summed E-state index contributed by atoms with van der Waals surface area (Å²) in [6.07, 6.45) is 1.99. The van der Waals surface area contributed by atoms with Gasteiger partial charge in [0.2, 0.25) is 5.82 Å². The Balaban J connectivity index is 1.73. The van der Waals surface area contributed by atoms with Crippen LogP contribution in [0.3, 0.4) is 0 Å². The van der Waals surface area contributed by atoms with E-state index in [1.807, 2.05) is 73.0 Å². The van der Waals surface area contributed by atoms with E-state index in [0.717, 1.165) is 14.9 Å². The molecule has 0 N–H and O–H groups in total. The van der Waals surface area contributed by atoms with Gasteiger partial charge < -0.3 is 4.52 Å². The molecule has 0 saturated heterocycles. The zero-order chi connectivity index (χ0) is 21.4. The summed E-state index contributed by atoms with van der Waals surface area (Å²) in [5.41, 5.74) is 1.73. The average molecular weight is 491 g/mol. The van der Waals surface area contributed by atoms with E-state index in [4.69, 9.17) is 4.52 Å². The number of thioether (sulfide) groups is 1. The molecule has 2 heterocycles. The number of halogens is 1. The molecule has 0 amide bonds. The Bertz CT molecular complexity index is 1480. The molecule has 8 heteroatoms. The van der Waals surface area contributed by atoms with E-state index in [1.54, 1.807) is 17.8 Å². The normalized spacial score (nSPS) is 11.2. The molecule has 152 valence electrons. The van der Waals surface area contributed by atoms with Gasteiger partial charge in [-0.05, 0) is 42.7 Å². The Morgan fingerprint density at radius 3 is 2.55 bits per heavy atom. The lowest BCUT2D eigenvalue weighted by atomic mass is 10.1. The van der Waals surface area contributed by atoms with Gasteiger partial charge in [-0.15, -0.1) is 11.8 Å². The van der Waals surface area contributed by atoms with Crippen LogP contribution in [0.5, 0.6) is 0 Å². The molecule has 0 aliphatic carbocycles. The first kappa shape index (κ1) is 19.7. The second-order valence-corrected chi connectivity index (χ2v) is 8.45. The van der Waals surface area contributed by atoms with Crippen molar-refractivity contribution in [1.82, 2.24) is 19.9 Å². The highest BCUT2D eigenvalue weighted by atomic mass is 79.9. The summed E-state index contributed by atoms with van der Waals surface area (Å²) in [5.74, 6) is 0.687. The van der Waals surface area contributed by atoms with Crippen molar-refractivity contribution in [3.8, 4) is 28.7 Å². The van der Waals surface area contributed by atoms with Gasteiger partial charge in [0.25, 0.3) is 11.4 Å². The Labute approximate surface area is 190 Å². The molecule has 0 spiro atoms. The van der Waals surface area contributed by atoms with E-state index >= 15 is 0 Å². The molecule has 2 aromatic heterocycles. The quantitative estimate of drug-likeness (QED) is 0.306. The second kappa shape index (κ2) is 8.13. The molecule has 31 heavy (non-hydrogen) atoms. The van der Waals surface area contributed by atoms with Gasteiger partial charge in [0.05, 0.1) is 11.1 Å². The maximum absolute atomic E-state index is 13.2. The van der Waals surface area contributed by atoms with E-state index in [-0.39, 0.29) is 11.4 Å². The maximum atomic E-state index is 13.2. The first-order valence-corrected chi connectivity index (χ1v) is 11.4. The fourth-order valence-corrected chi connectivity index (χ4v) is 4.25. The molecule has 0 aliphatic heterocycles. The van der Waals surface area contributed by atoms with E-state index in [0.29, 0.717) is 28.0 Å². The highest BCUT2D eigenvalue weighted by Gasteiger charge is 2.19. The lowest BCUT2D eigenvalue weighted by Gasteiger charge is -2.10. The summed E-state index contributed by atoms with van der Waals surface area (Å²) in [4.78, 5) is 18.8. The van der Waals surface area contributed by atoms with Gasteiger partial charge in [-0.2, -0.15) is 14.8 Å². The first-order chi connectivity index (χ1) is 15.2. The SMILES string of the molecule is CSc1cccc(-n2nc(-c3nc(-c4ccccc4Br)no3)c3ccccc3c2=O)c1. The van der Waals surface area contributed by atoms with Gasteiger partial charge in [-0.1, -0.05) is 57.5 Å². The molecule has 0 saturated carbocycles. The van der Waals surface area contributed by atoms with Crippen molar-refractivity contribution in [2.45, 2.75) is 4.90 Å². The van der Waals surface area contributed by atoms with Crippen molar-refractivity contribution in [2.75, 3.05) is 6.26 Å². The fraction of sp³-hybridized carbons (Fsp3) is 0.0435. The summed E-state index contributed by atoms with van der Waals surface area (Å²) in [6, 6.07) is 22.6. The van der Waals surface area contributed by atoms with Crippen LogP contribution < -0.4 is 5.56 Å². The van der Waals surface area contributed by atoms with E-state index in [2.05, 4.69) is 31.2 Å². The van der Waals surface area contributed by atoms with E-state index in [1.165, 1.54) is 4.68 Å². The highest BCUT2D eigenvalue weighted by Crippen LogP contribution is 2.29. The zero-order valence-corrected chi connectivity index (χ0v) is 18.7. The van der Waals surface area contributed by atoms with E-state index < -0.39 is 0 Å². The van der Waals surface area contributed by atoms with Gasteiger partial charge in [0.15, 0.2) is 5.69 Å². The van der Waals surface area contributed by atoms with Crippen LogP contribution in [0.2, 0.25) is 0 Å². The van der Waals surface area contributed by atoms with Crippen LogP contribution in [0.1, 0.15) is 0 Å².